The van der Waals surface area contributed by atoms with Crippen LogP contribution in [0.15, 0.2) is 10.9 Å². The van der Waals surface area contributed by atoms with Crippen molar-refractivity contribution >= 4 is 11.7 Å². The lowest BCUT2D eigenvalue weighted by Gasteiger charge is -2.02. The van der Waals surface area contributed by atoms with Gasteiger partial charge in [0.15, 0.2) is 0 Å². The van der Waals surface area contributed by atoms with E-state index in [1.54, 1.807) is 6.92 Å². The van der Waals surface area contributed by atoms with Gasteiger partial charge in [-0.2, -0.15) is 0 Å². The summed E-state index contributed by atoms with van der Waals surface area (Å²) in [5.41, 5.74) is -0.247. The van der Waals surface area contributed by atoms with Crippen molar-refractivity contribution in [1.82, 2.24) is 9.97 Å². The van der Waals surface area contributed by atoms with E-state index in [2.05, 4.69) is 15.3 Å². The minimum atomic E-state index is -0.247. The Labute approximate surface area is 80.6 Å². The van der Waals surface area contributed by atoms with Crippen molar-refractivity contribution in [3.05, 3.63) is 22.2 Å². The fourth-order valence-electron chi connectivity index (χ4n) is 1.22. The number of carbonyl (C=O) groups excluding carboxylic acids is 1. The van der Waals surface area contributed by atoms with Gasteiger partial charge in [-0.3, -0.25) is 9.59 Å². The Hall–Kier alpha value is -1.65. The largest absolute Gasteiger partial charge is 0.311 e. The van der Waals surface area contributed by atoms with E-state index in [1.165, 1.54) is 6.07 Å². The zero-order valence-corrected chi connectivity index (χ0v) is 7.83. The third-order valence-electron chi connectivity index (χ3n) is 2.06. The lowest BCUT2D eigenvalue weighted by molar-refractivity contribution is -0.117. The number of anilines is 1. The van der Waals surface area contributed by atoms with Gasteiger partial charge < -0.3 is 10.3 Å². The number of hydrogen-bond acceptors (Lipinski definition) is 3. The van der Waals surface area contributed by atoms with E-state index in [0.29, 0.717) is 11.6 Å². The molecule has 2 N–H and O–H groups in total. The molecular weight excluding hydrogens is 182 g/mol. The predicted octanol–water partition coefficient (Wildman–Crippen LogP) is 0.427. The van der Waals surface area contributed by atoms with Crippen LogP contribution in [-0.2, 0) is 4.79 Å². The summed E-state index contributed by atoms with van der Waals surface area (Å²) < 4.78 is 0. The van der Waals surface area contributed by atoms with Gasteiger partial charge >= 0.3 is 0 Å². The Morgan fingerprint density at radius 3 is 2.93 bits per heavy atom. The maximum absolute atomic E-state index is 11.3. The summed E-state index contributed by atoms with van der Waals surface area (Å²) in [6.07, 6.45) is 1.88. The Balaban J connectivity index is 2.15. The van der Waals surface area contributed by atoms with Crippen LogP contribution in [0.1, 0.15) is 18.7 Å². The number of nitrogens with zero attached hydrogens (tertiary/aromatic N) is 1. The number of carbonyl (C=O) groups is 1. The van der Waals surface area contributed by atoms with Crippen LogP contribution in [0.2, 0.25) is 0 Å². The first-order chi connectivity index (χ1) is 6.65. The van der Waals surface area contributed by atoms with Crippen molar-refractivity contribution in [3.8, 4) is 0 Å². The molecule has 1 aliphatic rings. The minimum Gasteiger partial charge on any atom is -0.311 e. The van der Waals surface area contributed by atoms with Crippen LogP contribution in [0, 0.1) is 12.8 Å². The number of aryl methyl sites for hydroxylation is 1. The second kappa shape index (κ2) is 3.25. The molecular formula is C9H11N3O2. The molecule has 0 aromatic carbocycles. The van der Waals surface area contributed by atoms with E-state index < -0.39 is 0 Å². The van der Waals surface area contributed by atoms with Crippen LogP contribution in [0.25, 0.3) is 0 Å². The van der Waals surface area contributed by atoms with Crippen LogP contribution in [0.5, 0.6) is 0 Å². The van der Waals surface area contributed by atoms with Crippen LogP contribution in [-0.4, -0.2) is 15.9 Å². The van der Waals surface area contributed by atoms with Crippen molar-refractivity contribution in [2.75, 3.05) is 5.32 Å². The van der Waals surface area contributed by atoms with Gasteiger partial charge in [-0.15, -0.1) is 0 Å². The Morgan fingerprint density at radius 1 is 1.64 bits per heavy atom. The molecule has 0 unspecified atom stereocenters. The quantitative estimate of drug-likeness (QED) is 0.715. The highest BCUT2D eigenvalue weighted by Crippen LogP contribution is 2.29. The van der Waals surface area contributed by atoms with E-state index >= 15 is 0 Å². The van der Waals surface area contributed by atoms with Gasteiger partial charge in [0.2, 0.25) is 5.91 Å². The van der Waals surface area contributed by atoms with Gasteiger partial charge in [0, 0.05) is 12.0 Å². The van der Waals surface area contributed by atoms with Gasteiger partial charge in [0.05, 0.1) is 0 Å². The molecule has 1 amide bonds. The molecule has 5 nitrogen and oxygen atoms in total. The molecule has 1 saturated carbocycles. The number of rotatable bonds is 2. The molecule has 1 fully saturated rings. The fourth-order valence-corrected chi connectivity index (χ4v) is 1.22. The number of aromatic amines is 1. The standard InChI is InChI=1S/C9H11N3O2/c1-5-10-7(4-8(13)11-5)12-9(14)6-2-3-6/h4,6H,2-3H2,1H3,(H2,10,11,12,13,14). The SMILES string of the molecule is Cc1nc(NC(=O)C2CC2)cc(=O)[nH]1. The third kappa shape index (κ3) is 1.99. The number of H-pyrrole nitrogens is 1. The summed E-state index contributed by atoms with van der Waals surface area (Å²) in [4.78, 5) is 28.9. The molecule has 74 valence electrons. The third-order valence-corrected chi connectivity index (χ3v) is 2.06. The fraction of sp³-hybridized carbons (Fsp3) is 0.444. The van der Waals surface area contributed by atoms with Crippen molar-refractivity contribution in [2.45, 2.75) is 19.8 Å². The average Bonchev–Trinajstić information content (AvgIpc) is 2.82. The van der Waals surface area contributed by atoms with E-state index in [1.807, 2.05) is 0 Å². The molecule has 5 heteroatoms. The summed E-state index contributed by atoms with van der Waals surface area (Å²) in [7, 11) is 0. The van der Waals surface area contributed by atoms with Gasteiger partial charge in [0.25, 0.3) is 5.56 Å². The Bertz CT molecular complexity index is 420. The van der Waals surface area contributed by atoms with Gasteiger partial charge in [0.1, 0.15) is 11.6 Å². The minimum absolute atomic E-state index is 0.0394. The first-order valence-electron chi connectivity index (χ1n) is 4.54. The highest BCUT2D eigenvalue weighted by molar-refractivity contribution is 5.93. The van der Waals surface area contributed by atoms with Crippen LogP contribution in [0.3, 0.4) is 0 Å². The van der Waals surface area contributed by atoms with E-state index in [9.17, 15) is 9.59 Å². The number of aromatic nitrogens is 2. The normalized spacial score (nSPS) is 15.2. The van der Waals surface area contributed by atoms with E-state index in [0.717, 1.165) is 12.8 Å². The van der Waals surface area contributed by atoms with Crippen molar-refractivity contribution in [1.29, 1.82) is 0 Å². The molecule has 1 heterocycles. The first kappa shape index (κ1) is 8.93. The predicted molar refractivity (Wildman–Crippen MR) is 50.9 cm³/mol. The van der Waals surface area contributed by atoms with Crippen molar-refractivity contribution < 1.29 is 4.79 Å². The average molecular weight is 193 g/mol. The van der Waals surface area contributed by atoms with Crippen LogP contribution in [0.4, 0.5) is 5.82 Å². The zero-order valence-electron chi connectivity index (χ0n) is 7.83. The highest BCUT2D eigenvalue weighted by Gasteiger charge is 2.29. The second-order valence-electron chi connectivity index (χ2n) is 3.48. The summed E-state index contributed by atoms with van der Waals surface area (Å²) in [6.45, 7) is 1.67. The number of hydrogen-bond donors (Lipinski definition) is 2. The summed E-state index contributed by atoms with van der Waals surface area (Å²) in [5, 5.41) is 2.62. The maximum atomic E-state index is 11.3. The number of amides is 1. The van der Waals surface area contributed by atoms with Gasteiger partial charge in [-0.1, -0.05) is 0 Å². The first-order valence-corrected chi connectivity index (χ1v) is 4.54. The van der Waals surface area contributed by atoms with Gasteiger partial charge in [-0.25, -0.2) is 4.98 Å². The van der Waals surface area contributed by atoms with Gasteiger partial charge in [-0.05, 0) is 19.8 Å². The molecule has 0 aliphatic heterocycles. The number of nitrogens with one attached hydrogen (secondary N) is 2. The highest BCUT2D eigenvalue weighted by atomic mass is 16.2. The molecule has 2 rings (SSSR count). The summed E-state index contributed by atoms with van der Waals surface area (Å²) in [6, 6.07) is 1.28. The van der Waals surface area contributed by atoms with E-state index in [4.69, 9.17) is 0 Å². The molecule has 1 aromatic heterocycles. The lowest BCUT2D eigenvalue weighted by atomic mass is 10.4. The molecule has 0 spiro atoms. The molecule has 0 radical (unpaired) electrons. The van der Waals surface area contributed by atoms with Crippen LogP contribution >= 0.6 is 0 Å². The lowest BCUT2D eigenvalue weighted by Crippen LogP contribution is -2.18. The zero-order chi connectivity index (χ0) is 10.1. The molecule has 0 bridgehead atoms. The van der Waals surface area contributed by atoms with Crippen LogP contribution < -0.4 is 10.9 Å². The molecule has 14 heavy (non-hydrogen) atoms. The molecule has 1 aromatic rings. The molecule has 0 saturated heterocycles. The summed E-state index contributed by atoms with van der Waals surface area (Å²) >= 11 is 0. The Morgan fingerprint density at radius 2 is 2.36 bits per heavy atom. The topological polar surface area (TPSA) is 74.8 Å². The van der Waals surface area contributed by atoms with E-state index in [-0.39, 0.29) is 17.4 Å². The van der Waals surface area contributed by atoms with Crippen molar-refractivity contribution in [2.24, 2.45) is 5.92 Å². The molecule has 1 aliphatic carbocycles. The monoisotopic (exact) mass is 193 g/mol. The smallest absolute Gasteiger partial charge is 0.252 e. The summed E-state index contributed by atoms with van der Waals surface area (Å²) in [5.74, 6) is 0.922. The molecule has 0 atom stereocenters. The maximum Gasteiger partial charge on any atom is 0.252 e. The van der Waals surface area contributed by atoms with Crippen molar-refractivity contribution in [3.63, 3.8) is 0 Å². The Kier molecular flexibility index (Phi) is 2.07. The second-order valence-corrected chi connectivity index (χ2v) is 3.48.